The second-order valence-electron chi connectivity index (χ2n) is 6.53. The number of ether oxygens (including phenoxy) is 1. The van der Waals surface area contributed by atoms with Gasteiger partial charge in [-0.1, -0.05) is 0 Å². The van der Waals surface area contributed by atoms with Gasteiger partial charge < -0.3 is 9.84 Å². The summed E-state index contributed by atoms with van der Waals surface area (Å²) in [7, 11) is -3.41. The summed E-state index contributed by atoms with van der Waals surface area (Å²) in [5, 5.41) is 18.2. The van der Waals surface area contributed by atoms with E-state index < -0.39 is 51.6 Å². The Hall–Kier alpha value is -1.51. The van der Waals surface area contributed by atoms with Crippen molar-refractivity contribution in [3.05, 3.63) is 29.3 Å². The average Bonchev–Trinajstić information content (AvgIpc) is 3.15. The van der Waals surface area contributed by atoms with Crippen LogP contribution in [0.25, 0.3) is 0 Å². The fraction of sp³-hybridized carbons (Fsp3) is 0.533. The van der Waals surface area contributed by atoms with Gasteiger partial charge in [0.25, 0.3) is 0 Å². The number of benzene rings is 1. The third-order valence-electron chi connectivity index (χ3n) is 5.18. The predicted molar refractivity (Wildman–Crippen MR) is 82.9 cm³/mol. The molecule has 6 nitrogen and oxygen atoms in total. The van der Waals surface area contributed by atoms with Crippen LogP contribution in [0.1, 0.15) is 17.5 Å². The zero-order valence-electron chi connectivity index (χ0n) is 12.7. The van der Waals surface area contributed by atoms with Gasteiger partial charge in [-0.05, 0) is 18.2 Å². The summed E-state index contributed by atoms with van der Waals surface area (Å²) < 4.78 is 67.6. The molecule has 5 atom stereocenters. The van der Waals surface area contributed by atoms with Crippen LogP contribution in [0.4, 0.5) is 18.9 Å². The second-order valence-corrected chi connectivity index (χ2v) is 8.64. The smallest absolute Gasteiger partial charge is 0.390 e. The molecule has 1 aromatic carbocycles. The molecule has 3 aliphatic heterocycles. The first-order chi connectivity index (χ1) is 11.6. The molecule has 3 N–H and O–H groups in total. The topological polar surface area (TPSA) is 97.0 Å². The Bertz CT molecular complexity index is 766. The Balaban J connectivity index is 1.73. The Morgan fingerprint density at radius 1 is 1.32 bits per heavy atom. The number of hydrogen-bond acceptors (Lipinski definition) is 6. The molecule has 0 amide bonds. The molecule has 0 unspecified atom stereocenters. The lowest BCUT2D eigenvalue weighted by Gasteiger charge is -2.43. The van der Waals surface area contributed by atoms with Crippen molar-refractivity contribution in [2.45, 2.75) is 36.2 Å². The van der Waals surface area contributed by atoms with E-state index in [2.05, 4.69) is 0 Å². The molecule has 3 aliphatic rings. The van der Waals surface area contributed by atoms with Crippen LogP contribution in [0.5, 0.6) is 0 Å². The molecule has 4 rings (SSSR count). The number of nitrogens with zero attached hydrogens (tertiary/aromatic N) is 2. The summed E-state index contributed by atoms with van der Waals surface area (Å²) in [4.78, 5) is 0. The van der Waals surface area contributed by atoms with Crippen molar-refractivity contribution in [1.29, 1.82) is 5.26 Å². The molecule has 136 valence electrons. The minimum atomic E-state index is -4.72. The number of rotatable bonds is 1. The molecule has 0 aliphatic carbocycles. The molecule has 0 aromatic heterocycles. The number of halogens is 3. The summed E-state index contributed by atoms with van der Waals surface area (Å²) in [6.07, 6.45) is -6.19. The van der Waals surface area contributed by atoms with Crippen LogP contribution in [0.3, 0.4) is 0 Å². The van der Waals surface area contributed by atoms with Crippen LogP contribution in [-0.4, -0.2) is 44.3 Å². The lowest BCUT2D eigenvalue weighted by molar-refractivity contribution is -0.137. The zero-order chi connectivity index (χ0) is 18.1. The van der Waals surface area contributed by atoms with E-state index in [-0.39, 0.29) is 24.6 Å². The third kappa shape index (κ3) is 2.34. The predicted octanol–water partition coefficient (Wildman–Crippen LogP) is 2.58. The van der Waals surface area contributed by atoms with Crippen LogP contribution in [-0.2, 0) is 10.9 Å². The largest absolute Gasteiger partial charge is 0.417 e. The molecule has 3 fully saturated rings. The van der Waals surface area contributed by atoms with Crippen molar-refractivity contribution in [3.8, 4) is 6.07 Å². The van der Waals surface area contributed by atoms with Gasteiger partial charge in [-0.2, -0.15) is 18.4 Å². The van der Waals surface area contributed by atoms with E-state index in [4.69, 9.17) is 10.00 Å². The average molecular weight is 376 g/mol. The molecule has 3 saturated heterocycles. The highest BCUT2D eigenvalue weighted by atomic mass is 32.3. The van der Waals surface area contributed by atoms with Crippen molar-refractivity contribution in [1.82, 2.24) is 0 Å². The fourth-order valence-corrected chi connectivity index (χ4v) is 6.56. The summed E-state index contributed by atoms with van der Waals surface area (Å²) in [5.74, 6) is -0.358. The van der Waals surface area contributed by atoms with Crippen LogP contribution in [0.2, 0.25) is 0 Å². The van der Waals surface area contributed by atoms with Gasteiger partial charge in [0.05, 0.1) is 41.2 Å². The maximum Gasteiger partial charge on any atom is 0.417 e. The molecular weight excluding hydrogens is 361 g/mol. The van der Waals surface area contributed by atoms with Gasteiger partial charge in [0.2, 0.25) is 0 Å². The minimum Gasteiger partial charge on any atom is -0.390 e. The van der Waals surface area contributed by atoms with Crippen LogP contribution in [0.15, 0.2) is 18.2 Å². The molecule has 0 spiro atoms. The quantitative estimate of drug-likeness (QED) is 0.697. The summed E-state index contributed by atoms with van der Waals surface area (Å²) in [6.45, 7) is 0.0778. The maximum atomic E-state index is 13.2. The highest BCUT2D eigenvalue weighted by molar-refractivity contribution is 8.26. The Morgan fingerprint density at radius 3 is 2.68 bits per heavy atom. The first-order valence-electron chi connectivity index (χ1n) is 7.64. The van der Waals surface area contributed by atoms with Gasteiger partial charge in [0.15, 0.2) is 0 Å². The summed E-state index contributed by atoms with van der Waals surface area (Å²) in [6, 6.07) is 4.58. The third-order valence-corrected chi connectivity index (χ3v) is 7.57. The highest BCUT2D eigenvalue weighted by Gasteiger charge is 2.64. The maximum absolute atomic E-state index is 13.2. The van der Waals surface area contributed by atoms with E-state index >= 15 is 0 Å². The van der Waals surface area contributed by atoms with Gasteiger partial charge in [0.1, 0.15) is 5.25 Å². The molecule has 2 bridgehead atoms. The van der Waals surface area contributed by atoms with Crippen LogP contribution in [0, 0.1) is 17.2 Å². The van der Waals surface area contributed by atoms with E-state index in [0.717, 1.165) is 12.1 Å². The Kier molecular flexibility index (Phi) is 3.55. The molecule has 0 radical (unpaired) electrons. The molecule has 1 aromatic rings. The van der Waals surface area contributed by atoms with E-state index in [1.165, 1.54) is 16.4 Å². The normalized spacial score (nSPS) is 37.0. The van der Waals surface area contributed by atoms with E-state index in [1.807, 2.05) is 0 Å². The number of fused-ring (bicyclic) bond motifs is 5. The molecule has 10 heteroatoms. The fourth-order valence-electron chi connectivity index (χ4n) is 4.15. The standard InChI is InChI=1S/C15H15F3N2O4S/c16-15(17,18)10-3-8(2-1-7(10)5-19)20-6-9-13-11(21)4-12(24-13)14(9)25(20,22)23/h1-3,9,11-14,21-23H,4,6H2/t9-,11+,12+,13+,14-/m1/s1. The number of alkyl halides is 3. The molecule has 0 saturated carbocycles. The molecular formula is C15H15F3N2O4S. The van der Waals surface area contributed by atoms with Crippen LogP contribution >= 0.6 is 10.8 Å². The van der Waals surface area contributed by atoms with Crippen molar-refractivity contribution in [2.24, 2.45) is 5.92 Å². The lowest BCUT2D eigenvalue weighted by Crippen LogP contribution is -2.39. The molecule has 3 heterocycles. The lowest BCUT2D eigenvalue weighted by atomic mass is 9.87. The number of hydrogen-bond donors (Lipinski definition) is 3. The van der Waals surface area contributed by atoms with E-state index in [9.17, 15) is 27.4 Å². The SMILES string of the molecule is N#Cc1ccc(N2C[C@@H]3[C@@H]4O[C@@H](C[C@@H]4O)[C@@H]3S2(O)O)cc1C(F)(F)F. The van der Waals surface area contributed by atoms with Gasteiger partial charge in [-0.3, -0.25) is 13.4 Å². The first kappa shape index (κ1) is 16.9. The van der Waals surface area contributed by atoms with E-state index in [0.29, 0.717) is 0 Å². The van der Waals surface area contributed by atoms with Crippen molar-refractivity contribution >= 4 is 16.5 Å². The van der Waals surface area contributed by atoms with Crippen molar-refractivity contribution in [3.63, 3.8) is 0 Å². The molecule has 25 heavy (non-hydrogen) atoms. The van der Waals surface area contributed by atoms with Crippen molar-refractivity contribution < 1.29 is 32.1 Å². The van der Waals surface area contributed by atoms with Crippen LogP contribution < -0.4 is 4.31 Å². The highest BCUT2D eigenvalue weighted by Crippen LogP contribution is 2.65. The number of aliphatic hydroxyl groups is 1. The number of nitriles is 1. The second kappa shape index (κ2) is 5.25. The first-order valence-corrected chi connectivity index (χ1v) is 9.21. The monoisotopic (exact) mass is 376 g/mol. The Labute approximate surface area is 142 Å². The van der Waals surface area contributed by atoms with Gasteiger partial charge >= 0.3 is 6.18 Å². The van der Waals surface area contributed by atoms with Gasteiger partial charge in [-0.25, -0.2) is 0 Å². The summed E-state index contributed by atoms with van der Waals surface area (Å²) >= 11 is 0. The van der Waals surface area contributed by atoms with Gasteiger partial charge in [0, 0.05) is 18.9 Å². The minimum absolute atomic E-state index is 0.00499. The number of anilines is 1. The summed E-state index contributed by atoms with van der Waals surface area (Å²) in [5.41, 5.74) is -1.64. The zero-order valence-corrected chi connectivity index (χ0v) is 13.5. The van der Waals surface area contributed by atoms with E-state index in [1.54, 1.807) is 0 Å². The van der Waals surface area contributed by atoms with Gasteiger partial charge in [-0.15, -0.1) is 10.8 Å². The number of aliphatic hydroxyl groups excluding tert-OH is 1. The Morgan fingerprint density at radius 2 is 2.04 bits per heavy atom. The van der Waals surface area contributed by atoms with Crippen molar-refractivity contribution in [2.75, 3.05) is 10.8 Å².